The van der Waals surface area contributed by atoms with E-state index < -0.39 is 5.60 Å². The van der Waals surface area contributed by atoms with Crippen molar-refractivity contribution >= 4 is 0 Å². The van der Waals surface area contributed by atoms with Crippen LogP contribution in [0.2, 0.25) is 0 Å². The molecular weight excluding hydrogens is 142 g/mol. The first-order valence-corrected chi connectivity index (χ1v) is 4.07. The van der Waals surface area contributed by atoms with Crippen molar-refractivity contribution in [3.8, 4) is 0 Å². The summed E-state index contributed by atoms with van der Waals surface area (Å²) in [5.74, 6) is 5.44. The van der Waals surface area contributed by atoms with Crippen LogP contribution in [0, 0.1) is 5.92 Å². The van der Waals surface area contributed by atoms with E-state index in [-0.39, 0.29) is 6.04 Å². The van der Waals surface area contributed by atoms with Crippen LogP contribution in [0.25, 0.3) is 0 Å². The van der Waals surface area contributed by atoms with E-state index in [4.69, 9.17) is 5.84 Å². The van der Waals surface area contributed by atoms with Crippen molar-refractivity contribution in [1.82, 2.24) is 0 Å². The first-order chi connectivity index (χ1) is 5.24. The molecule has 0 atom stereocenters. The number of aliphatic hydroxyl groups is 1. The van der Waals surface area contributed by atoms with Crippen LogP contribution in [0.15, 0.2) is 10.3 Å². The molecule has 0 bridgehead atoms. The van der Waals surface area contributed by atoms with Crippen molar-refractivity contribution in [1.29, 1.82) is 0 Å². The molecule has 0 aliphatic heterocycles. The standard InChI is InChI=1S/C7H13N3O/c8-10-9-6-3-7(11,4-6)5-1-2-5/h5-6,11H,1-4H2,(H2,8,9)/t6-,7-. The van der Waals surface area contributed by atoms with E-state index in [0.29, 0.717) is 5.92 Å². The Morgan fingerprint density at radius 3 is 2.45 bits per heavy atom. The zero-order chi connectivity index (χ0) is 7.90. The topological polar surface area (TPSA) is 71.0 Å². The van der Waals surface area contributed by atoms with Crippen LogP contribution in [0.1, 0.15) is 25.7 Å². The van der Waals surface area contributed by atoms with E-state index in [9.17, 15) is 5.11 Å². The highest BCUT2D eigenvalue weighted by Gasteiger charge is 2.52. The lowest BCUT2D eigenvalue weighted by molar-refractivity contribution is -0.0663. The van der Waals surface area contributed by atoms with Gasteiger partial charge >= 0.3 is 0 Å². The Morgan fingerprint density at radius 2 is 2.00 bits per heavy atom. The summed E-state index contributed by atoms with van der Waals surface area (Å²) in [4.78, 5) is 0. The summed E-state index contributed by atoms with van der Waals surface area (Å²) in [6, 6.07) is 0.186. The Hall–Kier alpha value is -0.640. The van der Waals surface area contributed by atoms with Gasteiger partial charge in [0, 0.05) is 12.8 Å². The van der Waals surface area contributed by atoms with Crippen molar-refractivity contribution < 1.29 is 5.11 Å². The van der Waals surface area contributed by atoms with Gasteiger partial charge < -0.3 is 10.9 Å². The predicted octanol–water partition coefficient (Wildman–Crippen LogP) is 0.616. The second kappa shape index (κ2) is 2.17. The summed E-state index contributed by atoms with van der Waals surface area (Å²) >= 11 is 0. The van der Waals surface area contributed by atoms with Gasteiger partial charge in [0.05, 0.1) is 11.6 Å². The number of nitrogens with two attached hydrogens (primary N) is 1. The van der Waals surface area contributed by atoms with Crippen molar-refractivity contribution in [2.75, 3.05) is 0 Å². The van der Waals surface area contributed by atoms with E-state index in [1.54, 1.807) is 0 Å². The first kappa shape index (κ1) is 7.03. The van der Waals surface area contributed by atoms with Gasteiger partial charge in [-0.05, 0) is 18.8 Å². The maximum absolute atomic E-state index is 9.80. The van der Waals surface area contributed by atoms with Gasteiger partial charge in [0.2, 0.25) is 0 Å². The van der Waals surface area contributed by atoms with Gasteiger partial charge in [-0.25, -0.2) is 0 Å². The summed E-state index contributed by atoms with van der Waals surface area (Å²) in [5, 5.41) is 16.8. The third kappa shape index (κ3) is 1.11. The molecule has 2 saturated carbocycles. The van der Waals surface area contributed by atoms with E-state index in [1.807, 2.05) is 0 Å². The molecule has 0 aromatic heterocycles. The SMILES string of the molecule is NN=N[C@H]1C[C@@](O)(C2CC2)C1. The number of hydrogen-bond acceptors (Lipinski definition) is 3. The van der Waals surface area contributed by atoms with Gasteiger partial charge in [0.1, 0.15) is 0 Å². The molecular formula is C7H13N3O. The Labute approximate surface area is 65.5 Å². The van der Waals surface area contributed by atoms with Crippen LogP contribution < -0.4 is 5.84 Å². The molecule has 3 N–H and O–H groups in total. The number of rotatable bonds is 2. The second-order valence-corrected chi connectivity index (χ2v) is 3.67. The third-order valence-corrected chi connectivity index (χ3v) is 2.75. The van der Waals surface area contributed by atoms with Crippen molar-refractivity contribution in [3.63, 3.8) is 0 Å². The molecule has 0 aromatic carbocycles. The minimum absolute atomic E-state index is 0.186. The molecule has 0 radical (unpaired) electrons. The molecule has 0 aromatic rings. The van der Waals surface area contributed by atoms with E-state index in [0.717, 1.165) is 12.8 Å². The molecule has 0 heterocycles. The number of hydrogen-bond donors (Lipinski definition) is 2. The zero-order valence-electron chi connectivity index (χ0n) is 6.40. The lowest BCUT2D eigenvalue weighted by atomic mass is 9.73. The van der Waals surface area contributed by atoms with E-state index >= 15 is 0 Å². The van der Waals surface area contributed by atoms with Crippen LogP contribution in [0.3, 0.4) is 0 Å². The van der Waals surface area contributed by atoms with Crippen molar-refractivity contribution in [2.45, 2.75) is 37.3 Å². The van der Waals surface area contributed by atoms with Crippen LogP contribution in [0.5, 0.6) is 0 Å². The fraction of sp³-hybridized carbons (Fsp3) is 1.00. The minimum Gasteiger partial charge on any atom is -0.389 e. The van der Waals surface area contributed by atoms with Crippen LogP contribution in [-0.2, 0) is 0 Å². The molecule has 0 spiro atoms. The van der Waals surface area contributed by atoms with E-state index in [1.165, 1.54) is 12.8 Å². The Balaban J connectivity index is 1.85. The number of nitrogens with zero attached hydrogens (tertiary/aromatic N) is 2. The Bertz CT molecular complexity index is 182. The molecule has 0 unspecified atom stereocenters. The predicted molar refractivity (Wildman–Crippen MR) is 39.7 cm³/mol. The average Bonchev–Trinajstić information content (AvgIpc) is 2.65. The highest BCUT2D eigenvalue weighted by molar-refractivity contribution is 5.06. The van der Waals surface area contributed by atoms with Crippen LogP contribution in [-0.4, -0.2) is 16.7 Å². The average molecular weight is 155 g/mol. The normalized spacial score (nSPS) is 44.3. The van der Waals surface area contributed by atoms with Crippen molar-refractivity contribution in [3.05, 3.63) is 0 Å². The third-order valence-electron chi connectivity index (χ3n) is 2.75. The van der Waals surface area contributed by atoms with E-state index in [2.05, 4.69) is 10.3 Å². The zero-order valence-corrected chi connectivity index (χ0v) is 6.40. The van der Waals surface area contributed by atoms with Crippen molar-refractivity contribution in [2.24, 2.45) is 22.1 Å². The molecule has 2 aliphatic carbocycles. The molecule has 4 heteroatoms. The maximum atomic E-state index is 9.80. The summed E-state index contributed by atoms with van der Waals surface area (Å²) in [7, 11) is 0. The molecule has 0 saturated heterocycles. The minimum atomic E-state index is -0.404. The smallest absolute Gasteiger partial charge is 0.0784 e. The largest absolute Gasteiger partial charge is 0.389 e. The van der Waals surface area contributed by atoms with Crippen LogP contribution >= 0.6 is 0 Å². The van der Waals surface area contributed by atoms with Gasteiger partial charge in [-0.2, -0.15) is 5.11 Å². The van der Waals surface area contributed by atoms with Gasteiger partial charge in [0.15, 0.2) is 0 Å². The lowest BCUT2D eigenvalue weighted by Crippen LogP contribution is -2.48. The van der Waals surface area contributed by atoms with Gasteiger partial charge in [-0.1, -0.05) is 5.22 Å². The molecule has 4 nitrogen and oxygen atoms in total. The molecule has 2 fully saturated rings. The lowest BCUT2D eigenvalue weighted by Gasteiger charge is -2.41. The Kier molecular flexibility index (Phi) is 1.39. The fourth-order valence-corrected chi connectivity index (χ4v) is 1.89. The molecule has 62 valence electrons. The summed E-state index contributed by atoms with van der Waals surface area (Å²) in [5.41, 5.74) is -0.404. The summed E-state index contributed by atoms with van der Waals surface area (Å²) in [6.45, 7) is 0. The maximum Gasteiger partial charge on any atom is 0.0784 e. The molecule has 11 heavy (non-hydrogen) atoms. The fourth-order valence-electron chi connectivity index (χ4n) is 1.89. The van der Waals surface area contributed by atoms with Crippen LogP contribution in [0.4, 0.5) is 0 Å². The van der Waals surface area contributed by atoms with Gasteiger partial charge in [-0.15, -0.1) is 0 Å². The highest BCUT2D eigenvalue weighted by Crippen LogP contribution is 2.51. The second-order valence-electron chi connectivity index (χ2n) is 3.67. The van der Waals surface area contributed by atoms with Gasteiger partial charge in [0.25, 0.3) is 0 Å². The van der Waals surface area contributed by atoms with Gasteiger partial charge in [-0.3, -0.25) is 0 Å². The molecule has 2 aliphatic rings. The quantitative estimate of drug-likeness (QED) is 0.348. The molecule has 2 rings (SSSR count). The Morgan fingerprint density at radius 1 is 1.36 bits per heavy atom. The monoisotopic (exact) mass is 155 g/mol. The summed E-state index contributed by atoms with van der Waals surface area (Å²) in [6.07, 6.45) is 3.89. The highest BCUT2D eigenvalue weighted by atomic mass is 16.3. The first-order valence-electron chi connectivity index (χ1n) is 4.07. The molecule has 0 amide bonds. The summed E-state index contributed by atoms with van der Waals surface area (Å²) < 4.78 is 0.